The zero-order valence-corrected chi connectivity index (χ0v) is 14.9. The van der Waals surface area contributed by atoms with E-state index in [1.165, 1.54) is 58.0 Å². The van der Waals surface area contributed by atoms with Crippen LogP contribution in [0.25, 0.3) is 0 Å². The van der Waals surface area contributed by atoms with Gasteiger partial charge in [-0.15, -0.1) is 0 Å². The van der Waals surface area contributed by atoms with Crippen LogP contribution < -0.4 is 5.32 Å². The first kappa shape index (κ1) is 17.3. The van der Waals surface area contributed by atoms with E-state index < -0.39 is 0 Å². The van der Waals surface area contributed by atoms with Gasteiger partial charge in [-0.25, -0.2) is 0 Å². The molecule has 0 aliphatic heterocycles. The summed E-state index contributed by atoms with van der Waals surface area (Å²) in [5, 5.41) is 3.79. The SMILES string of the molecule is CCCC1CCC(NCC)C(CN(CC(C)C)C2CC2)C1. The lowest BCUT2D eigenvalue weighted by Gasteiger charge is -2.40. The van der Waals surface area contributed by atoms with Gasteiger partial charge in [-0.3, -0.25) is 4.90 Å². The van der Waals surface area contributed by atoms with Crippen molar-refractivity contribution in [3.63, 3.8) is 0 Å². The highest BCUT2D eigenvalue weighted by Crippen LogP contribution is 2.35. The molecule has 0 bridgehead atoms. The molecule has 0 heterocycles. The van der Waals surface area contributed by atoms with Crippen molar-refractivity contribution < 1.29 is 0 Å². The van der Waals surface area contributed by atoms with Crippen LogP contribution in [-0.4, -0.2) is 36.6 Å². The minimum absolute atomic E-state index is 0.775. The Morgan fingerprint density at radius 2 is 1.86 bits per heavy atom. The van der Waals surface area contributed by atoms with Gasteiger partial charge in [0.15, 0.2) is 0 Å². The number of hydrogen-bond acceptors (Lipinski definition) is 2. The third-order valence-corrected chi connectivity index (χ3v) is 5.39. The van der Waals surface area contributed by atoms with Crippen molar-refractivity contribution in [2.24, 2.45) is 17.8 Å². The van der Waals surface area contributed by atoms with E-state index in [2.05, 4.69) is 37.9 Å². The van der Waals surface area contributed by atoms with Crippen LogP contribution in [0.1, 0.15) is 72.6 Å². The van der Waals surface area contributed by atoms with E-state index in [4.69, 9.17) is 0 Å². The highest BCUT2D eigenvalue weighted by atomic mass is 15.2. The number of nitrogens with zero attached hydrogens (tertiary/aromatic N) is 1. The molecule has 2 aliphatic rings. The van der Waals surface area contributed by atoms with E-state index in [0.29, 0.717) is 0 Å². The summed E-state index contributed by atoms with van der Waals surface area (Å²) in [6, 6.07) is 1.69. The maximum absolute atomic E-state index is 3.79. The maximum Gasteiger partial charge on any atom is 0.0108 e. The summed E-state index contributed by atoms with van der Waals surface area (Å²) in [6.45, 7) is 13.1. The monoisotopic (exact) mass is 294 g/mol. The van der Waals surface area contributed by atoms with Gasteiger partial charge in [-0.05, 0) is 56.4 Å². The third kappa shape index (κ3) is 5.56. The summed E-state index contributed by atoms with van der Waals surface area (Å²) in [4.78, 5) is 2.83. The molecule has 2 heteroatoms. The zero-order valence-electron chi connectivity index (χ0n) is 14.9. The minimum atomic E-state index is 0.775. The van der Waals surface area contributed by atoms with Gasteiger partial charge in [0, 0.05) is 25.2 Å². The zero-order chi connectivity index (χ0) is 15.2. The van der Waals surface area contributed by atoms with E-state index >= 15 is 0 Å². The smallest absolute Gasteiger partial charge is 0.0108 e. The Hall–Kier alpha value is -0.0800. The van der Waals surface area contributed by atoms with Crippen LogP contribution in [0.2, 0.25) is 0 Å². The molecule has 124 valence electrons. The van der Waals surface area contributed by atoms with Gasteiger partial charge in [-0.2, -0.15) is 0 Å². The van der Waals surface area contributed by atoms with Crippen LogP contribution in [0, 0.1) is 17.8 Å². The van der Waals surface area contributed by atoms with Crippen molar-refractivity contribution in [1.82, 2.24) is 10.2 Å². The molecular weight excluding hydrogens is 256 g/mol. The molecule has 0 aromatic carbocycles. The van der Waals surface area contributed by atoms with Crippen LogP contribution in [0.4, 0.5) is 0 Å². The lowest BCUT2D eigenvalue weighted by molar-refractivity contribution is 0.123. The Kier molecular flexibility index (Phi) is 7.01. The highest BCUT2D eigenvalue weighted by Gasteiger charge is 2.35. The first-order chi connectivity index (χ1) is 10.1. The molecule has 2 nitrogen and oxygen atoms in total. The molecule has 0 aromatic rings. The van der Waals surface area contributed by atoms with Crippen molar-refractivity contribution in [2.45, 2.75) is 84.7 Å². The molecule has 21 heavy (non-hydrogen) atoms. The normalized spacial score (nSPS) is 30.3. The predicted octanol–water partition coefficient (Wildman–Crippen LogP) is 4.30. The maximum atomic E-state index is 3.79. The molecule has 2 aliphatic carbocycles. The average Bonchev–Trinajstić information content (AvgIpc) is 3.25. The summed E-state index contributed by atoms with van der Waals surface area (Å²) in [5.74, 6) is 2.68. The Morgan fingerprint density at radius 3 is 2.43 bits per heavy atom. The van der Waals surface area contributed by atoms with Gasteiger partial charge in [0.2, 0.25) is 0 Å². The average molecular weight is 295 g/mol. The number of rotatable bonds is 9. The fourth-order valence-electron chi connectivity index (χ4n) is 4.35. The third-order valence-electron chi connectivity index (χ3n) is 5.39. The molecule has 3 unspecified atom stereocenters. The summed E-state index contributed by atoms with van der Waals surface area (Å²) in [5.41, 5.74) is 0. The Balaban J connectivity index is 1.93. The van der Waals surface area contributed by atoms with Crippen molar-refractivity contribution >= 4 is 0 Å². The molecule has 3 atom stereocenters. The molecule has 2 rings (SSSR count). The van der Waals surface area contributed by atoms with Gasteiger partial charge in [0.1, 0.15) is 0 Å². The molecule has 0 saturated heterocycles. The first-order valence-electron chi connectivity index (χ1n) is 9.61. The van der Waals surface area contributed by atoms with Gasteiger partial charge < -0.3 is 5.32 Å². The van der Waals surface area contributed by atoms with E-state index in [9.17, 15) is 0 Å². The molecule has 2 saturated carbocycles. The second-order valence-electron chi connectivity index (χ2n) is 7.97. The van der Waals surface area contributed by atoms with E-state index in [0.717, 1.165) is 36.4 Å². The summed E-state index contributed by atoms with van der Waals surface area (Å²) in [6.07, 6.45) is 10.0. The Labute approximate surface area is 133 Å². The fourth-order valence-corrected chi connectivity index (χ4v) is 4.35. The Morgan fingerprint density at radius 1 is 1.10 bits per heavy atom. The van der Waals surface area contributed by atoms with Gasteiger partial charge in [0.05, 0.1) is 0 Å². The summed E-state index contributed by atoms with van der Waals surface area (Å²) >= 11 is 0. The van der Waals surface area contributed by atoms with E-state index in [1.807, 2.05) is 0 Å². The molecule has 0 radical (unpaired) electrons. The standard InChI is InChI=1S/C19H38N2/c1-5-7-16-8-11-19(20-6-2)17(12-16)14-21(13-15(3)4)18-9-10-18/h15-20H,5-14H2,1-4H3. The lowest BCUT2D eigenvalue weighted by atomic mass is 9.76. The lowest BCUT2D eigenvalue weighted by Crippen LogP contribution is -2.47. The van der Waals surface area contributed by atoms with Crippen molar-refractivity contribution in [3.05, 3.63) is 0 Å². The van der Waals surface area contributed by atoms with Crippen LogP contribution in [0.5, 0.6) is 0 Å². The number of hydrogen-bond donors (Lipinski definition) is 1. The molecule has 1 N–H and O–H groups in total. The molecule has 0 spiro atoms. The van der Waals surface area contributed by atoms with Crippen molar-refractivity contribution in [3.8, 4) is 0 Å². The van der Waals surface area contributed by atoms with Gasteiger partial charge in [0.25, 0.3) is 0 Å². The van der Waals surface area contributed by atoms with Crippen LogP contribution in [0.3, 0.4) is 0 Å². The molecule has 0 amide bonds. The Bertz CT molecular complexity index is 285. The summed E-state index contributed by atoms with van der Waals surface area (Å²) < 4.78 is 0. The topological polar surface area (TPSA) is 15.3 Å². The quantitative estimate of drug-likeness (QED) is 0.682. The predicted molar refractivity (Wildman–Crippen MR) is 92.6 cm³/mol. The second-order valence-corrected chi connectivity index (χ2v) is 7.97. The van der Waals surface area contributed by atoms with E-state index in [-0.39, 0.29) is 0 Å². The molecule has 2 fully saturated rings. The van der Waals surface area contributed by atoms with Gasteiger partial charge >= 0.3 is 0 Å². The van der Waals surface area contributed by atoms with Gasteiger partial charge in [-0.1, -0.05) is 40.5 Å². The van der Waals surface area contributed by atoms with E-state index in [1.54, 1.807) is 0 Å². The van der Waals surface area contributed by atoms with Crippen LogP contribution >= 0.6 is 0 Å². The van der Waals surface area contributed by atoms with Crippen LogP contribution in [-0.2, 0) is 0 Å². The number of nitrogens with one attached hydrogen (secondary N) is 1. The van der Waals surface area contributed by atoms with Crippen molar-refractivity contribution in [1.29, 1.82) is 0 Å². The summed E-state index contributed by atoms with van der Waals surface area (Å²) in [7, 11) is 0. The van der Waals surface area contributed by atoms with Crippen LogP contribution in [0.15, 0.2) is 0 Å². The largest absolute Gasteiger partial charge is 0.314 e. The molecular formula is C19H38N2. The molecule has 0 aromatic heterocycles. The van der Waals surface area contributed by atoms with Crippen molar-refractivity contribution in [2.75, 3.05) is 19.6 Å². The second kappa shape index (κ2) is 8.53. The highest BCUT2D eigenvalue weighted by molar-refractivity contribution is 4.91. The first-order valence-corrected chi connectivity index (χ1v) is 9.61. The fraction of sp³-hybridized carbons (Fsp3) is 1.00. The minimum Gasteiger partial charge on any atom is -0.314 e.